The molecule has 2 atom stereocenters. The van der Waals surface area contributed by atoms with Gasteiger partial charge >= 0.3 is 0 Å². The maximum absolute atomic E-state index is 9.63. The summed E-state index contributed by atoms with van der Waals surface area (Å²) in [5.41, 5.74) is 2.96. The Morgan fingerprint density at radius 2 is 1.57 bits per heavy atom. The van der Waals surface area contributed by atoms with Gasteiger partial charge in [-0.2, -0.15) is 0 Å². The predicted octanol–water partition coefficient (Wildman–Crippen LogP) is 5.44. The van der Waals surface area contributed by atoms with Gasteiger partial charge in [-0.25, -0.2) is 0 Å². The second kappa shape index (κ2) is 8.41. The molecule has 1 aliphatic heterocycles. The van der Waals surface area contributed by atoms with Gasteiger partial charge in [0.25, 0.3) is 0 Å². The average molecular weight is 404 g/mol. The molecule has 0 aromatic heterocycles. The molecular weight excluding hydrogens is 380 g/mol. The van der Waals surface area contributed by atoms with Crippen LogP contribution in [0, 0.1) is 0 Å². The van der Waals surface area contributed by atoms with Crippen molar-refractivity contribution in [1.29, 1.82) is 0 Å². The quantitative estimate of drug-likeness (QED) is 0.593. The van der Waals surface area contributed by atoms with Crippen LogP contribution in [0.3, 0.4) is 0 Å². The molecule has 0 fully saturated rings. The molecule has 0 spiro atoms. The van der Waals surface area contributed by atoms with E-state index in [0.717, 1.165) is 28.9 Å². The van der Waals surface area contributed by atoms with E-state index in [9.17, 15) is 10.2 Å². The fourth-order valence-corrected chi connectivity index (χ4v) is 3.76. The van der Waals surface area contributed by atoms with E-state index in [2.05, 4.69) is 6.08 Å². The highest BCUT2D eigenvalue weighted by Gasteiger charge is 2.31. The molecule has 2 unspecified atom stereocenters. The van der Waals surface area contributed by atoms with E-state index in [1.54, 1.807) is 38.5 Å². The van der Waals surface area contributed by atoms with Gasteiger partial charge in [0.2, 0.25) is 0 Å². The number of hydrogen-bond acceptors (Lipinski definition) is 5. The van der Waals surface area contributed by atoms with Crippen LogP contribution >= 0.6 is 0 Å². The lowest BCUT2D eigenvalue weighted by molar-refractivity contribution is 0.165. The lowest BCUT2D eigenvalue weighted by atomic mass is 9.86. The number of fused-ring (bicyclic) bond motifs is 1. The van der Waals surface area contributed by atoms with Crippen molar-refractivity contribution in [3.63, 3.8) is 0 Å². The molecule has 0 amide bonds. The Morgan fingerprint density at radius 1 is 0.900 bits per heavy atom. The van der Waals surface area contributed by atoms with Gasteiger partial charge in [-0.15, -0.1) is 0 Å². The van der Waals surface area contributed by atoms with E-state index in [1.165, 1.54) is 0 Å². The molecule has 0 aliphatic carbocycles. The number of phenolic OH excluding ortho intramolecular Hbond substituents is 2. The van der Waals surface area contributed by atoms with Crippen molar-refractivity contribution in [3.8, 4) is 28.7 Å². The lowest BCUT2D eigenvalue weighted by Gasteiger charge is -2.32. The summed E-state index contributed by atoms with van der Waals surface area (Å²) in [7, 11) is 3.26. The van der Waals surface area contributed by atoms with Crippen molar-refractivity contribution in [1.82, 2.24) is 0 Å². The minimum Gasteiger partial charge on any atom is -0.508 e. The largest absolute Gasteiger partial charge is 0.508 e. The van der Waals surface area contributed by atoms with E-state index in [1.807, 2.05) is 42.5 Å². The number of aromatic hydroxyl groups is 2. The Hall–Kier alpha value is -3.60. The normalized spacial score (nSPS) is 17.9. The maximum atomic E-state index is 9.63. The number of methoxy groups -OCH3 is 2. The standard InChI is InChI=1S/C25H24O5/c1-28-21-14-23(29-2)25-18(6-3-16-4-9-19(26)10-5-16)13-22(30-24(25)15-21)17-7-11-20(27)12-8-17/h3-12,14-15,18,22,26-27H,13H2,1-2H3. The molecule has 3 aromatic rings. The molecule has 3 aromatic carbocycles. The predicted molar refractivity (Wildman–Crippen MR) is 116 cm³/mol. The first-order valence-corrected chi connectivity index (χ1v) is 9.76. The zero-order chi connectivity index (χ0) is 21.1. The monoisotopic (exact) mass is 404 g/mol. The summed E-state index contributed by atoms with van der Waals surface area (Å²) in [6.07, 6.45) is 4.71. The topological polar surface area (TPSA) is 68.2 Å². The van der Waals surface area contributed by atoms with Gasteiger partial charge in [-0.3, -0.25) is 0 Å². The Bertz CT molecular complexity index is 1040. The molecule has 5 nitrogen and oxygen atoms in total. The Labute approximate surface area is 175 Å². The average Bonchev–Trinajstić information content (AvgIpc) is 2.77. The summed E-state index contributed by atoms with van der Waals surface area (Å²) in [6.45, 7) is 0. The minimum absolute atomic E-state index is 0.0437. The van der Waals surface area contributed by atoms with Gasteiger partial charge in [0, 0.05) is 23.6 Å². The first-order valence-electron chi connectivity index (χ1n) is 9.76. The first-order chi connectivity index (χ1) is 14.6. The molecule has 0 radical (unpaired) electrons. The van der Waals surface area contributed by atoms with Gasteiger partial charge in [0.05, 0.1) is 14.2 Å². The zero-order valence-corrected chi connectivity index (χ0v) is 16.9. The van der Waals surface area contributed by atoms with E-state index >= 15 is 0 Å². The number of allylic oxidation sites excluding steroid dienone is 1. The molecule has 5 heteroatoms. The fraction of sp³-hybridized carbons (Fsp3) is 0.200. The molecule has 154 valence electrons. The highest BCUT2D eigenvalue weighted by Crippen LogP contribution is 2.49. The summed E-state index contributed by atoms with van der Waals surface area (Å²) in [6, 6.07) is 17.9. The maximum Gasteiger partial charge on any atom is 0.131 e. The van der Waals surface area contributed by atoms with Gasteiger partial charge in [0.1, 0.15) is 34.9 Å². The van der Waals surface area contributed by atoms with Crippen LogP contribution in [-0.4, -0.2) is 24.4 Å². The van der Waals surface area contributed by atoms with Crippen LogP contribution in [0.5, 0.6) is 28.7 Å². The van der Waals surface area contributed by atoms with E-state index in [0.29, 0.717) is 11.5 Å². The highest BCUT2D eigenvalue weighted by molar-refractivity contribution is 5.58. The van der Waals surface area contributed by atoms with Crippen LogP contribution in [0.4, 0.5) is 0 Å². The third kappa shape index (κ3) is 4.06. The molecule has 0 saturated heterocycles. The van der Waals surface area contributed by atoms with Gasteiger partial charge in [0.15, 0.2) is 0 Å². The highest BCUT2D eigenvalue weighted by atomic mass is 16.5. The summed E-state index contributed by atoms with van der Waals surface area (Å²) in [4.78, 5) is 0. The summed E-state index contributed by atoms with van der Waals surface area (Å²) in [5.74, 6) is 2.61. The molecule has 0 bridgehead atoms. The van der Waals surface area contributed by atoms with E-state index in [-0.39, 0.29) is 23.5 Å². The third-order valence-electron chi connectivity index (χ3n) is 5.32. The minimum atomic E-state index is -0.176. The van der Waals surface area contributed by atoms with Crippen LogP contribution in [0.25, 0.3) is 6.08 Å². The summed E-state index contributed by atoms with van der Waals surface area (Å²) in [5, 5.41) is 19.1. The van der Waals surface area contributed by atoms with Gasteiger partial charge < -0.3 is 24.4 Å². The number of benzene rings is 3. The second-order valence-electron chi connectivity index (χ2n) is 7.23. The molecule has 0 saturated carbocycles. The Kier molecular flexibility index (Phi) is 5.53. The molecule has 30 heavy (non-hydrogen) atoms. The molecule has 4 rings (SSSR count). The number of ether oxygens (including phenoxy) is 3. The smallest absolute Gasteiger partial charge is 0.131 e. The second-order valence-corrected chi connectivity index (χ2v) is 7.23. The van der Waals surface area contributed by atoms with Crippen molar-refractivity contribution >= 4 is 6.08 Å². The Balaban J connectivity index is 1.74. The summed E-state index contributed by atoms with van der Waals surface area (Å²) >= 11 is 0. The molecule has 1 aliphatic rings. The first kappa shape index (κ1) is 19.7. The van der Waals surface area contributed by atoms with E-state index in [4.69, 9.17) is 14.2 Å². The number of hydrogen-bond donors (Lipinski definition) is 2. The fourth-order valence-electron chi connectivity index (χ4n) is 3.76. The molecular formula is C25H24O5. The number of phenols is 2. The van der Waals surface area contributed by atoms with Crippen molar-refractivity contribution in [2.45, 2.75) is 18.4 Å². The Morgan fingerprint density at radius 3 is 2.20 bits per heavy atom. The molecule has 2 N–H and O–H groups in total. The van der Waals surface area contributed by atoms with Crippen LogP contribution in [0.1, 0.15) is 35.1 Å². The van der Waals surface area contributed by atoms with Crippen molar-refractivity contribution < 1.29 is 24.4 Å². The van der Waals surface area contributed by atoms with Crippen molar-refractivity contribution in [2.24, 2.45) is 0 Å². The van der Waals surface area contributed by atoms with Crippen LogP contribution in [0.2, 0.25) is 0 Å². The van der Waals surface area contributed by atoms with Crippen LogP contribution in [0.15, 0.2) is 66.7 Å². The number of rotatable bonds is 5. The molecule has 1 heterocycles. The van der Waals surface area contributed by atoms with E-state index < -0.39 is 0 Å². The van der Waals surface area contributed by atoms with Gasteiger partial charge in [-0.05, 0) is 41.8 Å². The van der Waals surface area contributed by atoms with Crippen LogP contribution < -0.4 is 14.2 Å². The zero-order valence-electron chi connectivity index (χ0n) is 16.9. The lowest BCUT2D eigenvalue weighted by Crippen LogP contribution is -2.19. The summed E-state index contributed by atoms with van der Waals surface area (Å²) < 4.78 is 17.4. The SMILES string of the molecule is COc1cc(OC)c2c(c1)OC(c1ccc(O)cc1)CC2C=Cc1ccc(O)cc1. The van der Waals surface area contributed by atoms with Crippen molar-refractivity contribution in [2.75, 3.05) is 14.2 Å². The third-order valence-corrected chi connectivity index (χ3v) is 5.32. The van der Waals surface area contributed by atoms with Gasteiger partial charge in [-0.1, -0.05) is 36.4 Å². The van der Waals surface area contributed by atoms with Crippen LogP contribution in [-0.2, 0) is 0 Å². The van der Waals surface area contributed by atoms with Crippen molar-refractivity contribution in [3.05, 3.63) is 83.4 Å².